The highest BCUT2D eigenvalue weighted by atomic mass is 79.9. The normalized spacial score (nSPS) is 26.4. The summed E-state index contributed by atoms with van der Waals surface area (Å²) < 4.78 is 36.9. The number of amides is 2. The van der Waals surface area contributed by atoms with Crippen LogP contribution >= 0.6 is 15.9 Å². The number of carboxylic acid groups (broad SMARTS) is 2. The molecule has 0 spiro atoms. The third kappa shape index (κ3) is 7.82. The van der Waals surface area contributed by atoms with E-state index in [-0.39, 0.29) is 0 Å². The molecule has 0 aromatic heterocycles. The summed E-state index contributed by atoms with van der Waals surface area (Å²) >= 11 is 1.88. The van der Waals surface area contributed by atoms with Gasteiger partial charge in [-0.05, 0) is 5.92 Å². The van der Waals surface area contributed by atoms with E-state index in [1.54, 1.807) is 0 Å². The molecule has 0 aromatic carbocycles. The number of esters is 1. The van der Waals surface area contributed by atoms with E-state index in [0.717, 1.165) is 13.8 Å². The molecule has 14 heteroatoms. The van der Waals surface area contributed by atoms with Gasteiger partial charge < -0.3 is 30.3 Å². The van der Waals surface area contributed by atoms with Crippen LogP contribution in [-0.2, 0) is 33.4 Å². The smallest absolute Gasteiger partial charge is 0.377 e. The second-order valence-electron chi connectivity index (χ2n) is 6.62. The van der Waals surface area contributed by atoms with Crippen molar-refractivity contribution in [2.45, 2.75) is 49.9 Å². The van der Waals surface area contributed by atoms with Gasteiger partial charge >= 0.3 is 28.6 Å². The van der Waals surface area contributed by atoms with Crippen LogP contribution in [0.25, 0.3) is 0 Å². The van der Waals surface area contributed by atoms with Gasteiger partial charge in [-0.15, -0.1) is 0 Å². The highest BCUT2D eigenvalue weighted by molar-refractivity contribution is 9.10. The van der Waals surface area contributed by atoms with Crippen molar-refractivity contribution in [3.8, 4) is 0 Å². The Morgan fingerprint density at radius 1 is 1.03 bits per heavy atom. The van der Waals surface area contributed by atoms with E-state index in [1.807, 2.05) is 21.2 Å². The molecule has 1 fully saturated rings. The minimum absolute atomic E-state index is 0.521. The van der Waals surface area contributed by atoms with Crippen LogP contribution in [0.3, 0.4) is 0 Å². The van der Waals surface area contributed by atoms with Crippen molar-refractivity contribution in [1.82, 2.24) is 10.6 Å². The van der Waals surface area contributed by atoms with Crippen molar-refractivity contribution in [3.63, 3.8) is 0 Å². The molecule has 0 aliphatic carbocycles. The topological polar surface area (TPSA) is 168 Å². The van der Waals surface area contributed by atoms with Crippen LogP contribution in [0.1, 0.15) is 26.7 Å². The maximum absolute atomic E-state index is 13.3. The number of aliphatic carboxylic acids is 2. The zero-order valence-corrected chi connectivity index (χ0v) is 17.5. The number of alkyl halides is 3. The maximum atomic E-state index is 13.3. The Balaban J connectivity index is 3.37. The number of rotatable bonds is 9. The van der Waals surface area contributed by atoms with Crippen LogP contribution in [0.5, 0.6) is 0 Å². The van der Waals surface area contributed by atoms with Gasteiger partial charge in [-0.3, -0.25) is 24.0 Å². The standard InChI is InChI=1S/C16H21BrF2N2O9/c1-6(22)20-13-9(4-12(26)27)8(3-11(24)25)10(5-29-7(2)23)30-14(13)21-15(28)16(17,18)19/h8-10,13-14H,3-5H2,1-2H3,(H,20,22)(H,21,28)(H,24,25)(H,26,27)/t8-,9+,10-,13+,14+/m0/s1. The summed E-state index contributed by atoms with van der Waals surface area (Å²) in [5.74, 6) is -8.23. The molecule has 0 saturated carbocycles. The fourth-order valence-corrected chi connectivity index (χ4v) is 3.33. The molecule has 1 rings (SSSR count). The quantitative estimate of drug-likeness (QED) is 0.251. The molecule has 0 bridgehead atoms. The SMILES string of the molecule is CC(=O)N[C@@H]1[C@H](CC(=O)O)[C@H](CC(=O)O)[C@H](COC(C)=O)O[C@H]1NC(=O)C(F)(F)Br. The lowest BCUT2D eigenvalue weighted by atomic mass is 9.75. The zero-order chi connectivity index (χ0) is 23.2. The number of carboxylic acids is 2. The molecule has 1 aliphatic heterocycles. The molecule has 0 aromatic rings. The molecule has 2 amide bonds. The van der Waals surface area contributed by atoms with Crippen molar-refractivity contribution in [2.75, 3.05) is 6.61 Å². The fraction of sp³-hybridized carbons (Fsp3) is 0.688. The molecule has 4 N–H and O–H groups in total. The van der Waals surface area contributed by atoms with Crippen molar-refractivity contribution >= 4 is 45.7 Å². The van der Waals surface area contributed by atoms with Crippen LogP contribution in [0.2, 0.25) is 0 Å². The van der Waals surface area contributed by atoms with Gasteiger partial charge in [0.05, 0.1) is 25.0 Å². The molecule has 30 heavy (non-hydrogen) atoms. The number of hydrogen-bond acceptors (Lipinski definition) is 7. The third-order valence-corrected chi connectivity index (χ3v) is 4.67. The molecule has 170 valence electrons. The Labute approximate surface area is 177 Å². The first-order valence-corrected chi connectivity index (χ1v) is 9.38. The summed E-state index contributed by atoms with van der Waals surface area (Å²) in [6.07, 6.45) is -4.22. The van der Waals surface area contributed by atoms with Crippen LogP contribution in [0.15, 0.2) is 0 Å². The van der Waals surface area contributed by atoms with Gasteiger partial charge in [-0.2, -0.15) is 8.78 Å². The summed E-state index contributed by atoms with van der Waals surface area (Å²) in [4.78, 5) is 53.2. The Morgan fingerprint density at radius 3 is 2.00 bits per heavy atom. The van der Waals surface area contributed by atoms with Crippen molar-refractivity contribution in [3.05, 3.63) is 0 Å². The van der Waals surface area contributed by atoms with Crippen molar-refractivity contribution < 1.29 is 52.4 Å². The Bertz CT molecular complexity index is 701. The monoisotopic (exact) mass is 502 g/mol. The average molecular weight is 503 g/mol. The molecule has 1 saturated heterocycles. The summed E-state index contributed by atoms with van der Waals surface area (Å²) in [5.41, 5.74) is 0. The fourth-order valence-electron chi connectivity index (χ4n) is 3.22. The van der Waals surface area contributed by atoms with Gasteiger partial charge in [0.2, 0.25) is 5.91 Å². The summed E-state index contributed by atoms with van der Waals surface area (Å²) in [6, 6.07) is -1.35. The second kappa shape index (κ2) is 10.6. The molecule has 1 heterocycles. The van der Waals surface area contributed by atoms with Crippen molar-refractivity contribution in [1.29, 1.82) is 0 Å². The van der Waals surface area contributed by atoms with E-state index >= 15 is 0 Å². The molecular formula is C16H21BrF2N2O9. The van der Waals surface area contributed by atoms with Crippen LogP contribution < -0.4 is 10.6 Å². The van der Waals surface area contributed by atoms with Gasteiger partial charge in [0.15, 0.2) is 6.23 Å². The molecule has 0 radical (unpaired) electrons. The zero-order valence-electron chi connectivity index (χ0n) is 15.9. The van der Waals surface area contributed by atoms with Gasteiger partial charge in [0.1, 0.15) is 6.61 Å². The minimum Gasteiger partial charge on any atom is -0.481 e. The molecule has 1 aliphatic rings. The van der Waals surface area contributed by atoms with Gasteiger partial charge in [0, 0.05) is 35.7 Å². The van der Waals surface area contributed by atoms with Crippen molar-refractivity contribution in [2.24, 2.45) is 11.8 Å². The minimum atomic E-state index is -4.00. The average Bonchev–Trinajstić information content (AvgIpc) is 2.56. The van der Waals surface area contributed by atoms with E-state index in [0.29, 0.717) is 0 Å². The lowest BCUT2D eigenvalue weighted by molar-refractivity contribution is -0.185. The van der Waals surface area contributed by atoms with Gasteiger partial charge in [-0.1, -0.05) is 0 Å². The lowest BCUT2D eigenvalue weighted by Crippen LogP contribution is -2.65. The van der Waals surface area contributed by atoms with Gasteiger partial charge in [0.25, 0.3) is 0 Å². The van der Waals surface area contributed by atoms with E-state index in [9.17, 15) is 43.0 Å². The molecule has 5 atom stereocenters. The number of carbonyl (C=O) groups is 5. The predicted octanol–water partition coefficient (Wildman–Crippen LogP) is 0.0648. The highest BCUT2D eigenvalue weighted by Gasteiger charge is 2.50. The first-order valence-electron chi connectivity index (χ1n) is 8.59. The maximum Gasteiger partial charge on any atom is 0.377 e. The first kappa shape index (κ1) is 25.7. The third-order valence-electron chi connectivity index (χ3n) is 4.31. The first-order chi connectivity index (χ1) is 13.7. The molecule has 0 unspecified atom stereocenters. The van der Waals surface area contributed by atoms with Crippen LogP contribution in [0, 0.1) is 11.8 Å². The Hall–Kier alpha value is -2.35. The summed E-state index contributed by atoms with van der Waals surface area (Å²) in [7, 11) is 0. The number of ether oxygens (including phenoxy) is 2. The number of hydrogen-bond donors (Lipinski definition) is 4. The highest BCUT2D eigenvalue weighted by Crippen LogP contribution is 2.36. The lowest BCUT2D eigenvalue weighted by Gasteiger charge is -2.46. The van der Waals surface area contributed by atoms with E-state index in [1.165, 1.54) is 0 Å². The molecule has 11 nitrogen and oxygen atoms in total. The van der Waals surface area contributed by atoms with Crippen LogP contribution in [-0.4, -0.2) is 69.7 Å². The number of nitrogens with one attached hydrogen (secondary N) is 2. The van der Waals surface area contributed by atoms with Gasteiger partial charge in [-0.25, -0.2) is 0 Å². The Kier molecular flexibility index (Phi) is 9.09. The summed E-state index contributed by atoms with van der Waals surface area (Å²) in [5, 5.41) is 22.7. The number of carbonyl (C=O) groups excluding carboxylic acids is 3. The number of halogens is 3. The van der Waals surface area contributed by atoms with E-state index in [4.69, 9.17) is 9.47 Å². The predicted molar refractivity (Wildman–Crippen MR) is 96.4 cm³/mol. The van der Waals surface area contributed by atoms with E-state index in [2.05, 4.69) is 5.32 Å². The largest absolute Gasteiger partial charge is 0.481 e. The second-order valence-corrected chi connectivity index (χ2v) is 7.61. The molecular weight excluding hydrogens is 482 g/mol. The summed E-state index contributed by atoms with van der Waals surface area (Å²) in [6.45, 7) is 1.61. The Morgan fingerprint density at radius 2 is 1.57 bits per heavy atom. The van der Waals surface area contributed by atoms with Crippen LogP contribution in [0.4, 0.5) is 8.78 Å². The van der Waals surface area contributed by atoms with E-state index < -0.39 is 84.2 Å².